The van der Waals surface area contributed by atoms with Crippen molar-refractivity contribution in [3.63, 3.8) is 0 Å². The third-order valence-electron chi connectivity index (χ3n) is 4.54. The van der Waals surface area contributed by atoms with E-state index in [1.807, 2.05) is 37.3 Å². The molecule has 9 heteroatoms. The first-order valence-corrected chi connectivity index (χ1v) is 12.7. The Balaban J connectivity index is 1.86. The number of ether oxygens (including phenoxy) is 2. The molecule has 3 aromatic carbocycles. The average molecular weight is 672 g/mol. The monoisotopic (exact) mass is 670 g/mol. The maximum atomic E-state index is 12.7. The Morgan fingerprint density at radius 2 is 1.85 bits per heavy atom. The van der Waals surface area contributed by atoms with Crippen LogP contribution in [0.4, 0.5) is 5.69 Å². The Hall–Kier alpha value is -2.25. The van der Waals surface area contributed by atoms with Crippen LogP contribution in [0.25, 0.3) is 6.08 Å². The van der Waals surface area contributed by atoms with Crippen LogP contribution in [0.15, 0.2) is 64.6 Å². The first-order chi connectivity index (χ1) is 16.3. The van der Waals surface area contributed by atoms with Crippen LogP contribution in [-0.4, -0.2) is 12.5 Å². The lowest BCUT2D eigenvalue weighted by atomic mass is 10.1. The molecule has 3 rings (SSSR count). The summed E-state index contributed by atoms with van der Waals surface area (Å²) in [6.45, 7) is 2.65. The number of anilines is 1. The van der Waals surface area contributed by atoms with Crippen molar-refractivity contribution in [2.75, 3.05) is 11.9 Å². The summed E-state index contributed by atoms with van der Waals surface area (Å²) in [5.74, 6) is 0.423. The first-order valence-electron chi connectivity index (χ1n) is 10.0. The van der Waals surface area contributed by atoms with Crippen LogP contribution in [0.3, 0.4) is 0 Å². The van der Waals surface area contributed by atoms with Crippen LogP contribution in [0, 0.1) is 14.9 Å². The summed E-state index contributed by atoms with van der Waals surface area (Å²) >= 11 is 17.9. The number of nitrogens with one attached hydrogen (secondary N) is 1. The van der Waals surface area contributed by atoms with Crippen LogP contribution < -0.4 is 14.8 Å². The minimum atomic E-state index is -0.615. The molecule has 0 bridgehead atoms. The van der Waals surface area contributed by atoms with Gasteiger partial charge in [0.1, 0.15) is 18.2 Å². The van der Waals surface area contributed by atoms with Crippen LogP contribution in [-0.2, 0) is 11.4 Å². The van der Waals surface area contributed by atoms with E-state index < -0.39 is 5.91 Å². The maximum absolute atomic E-state index is 12.7. The smallest absolute Gasteiger partial charge is 0.266 e. The molecule has 0 aliphatic rings. The van der Waals surface area contributed by atoms with Gasteiger partial charge in [-0.15, -0.1) is 0 Å². The molecule has 5 nitrogen and oxygen atoms in total. The van der Waals surface area contributed by atoms with Crippen molar-refractivity contribution in [2.24, 2.45) is 0 Å². The molecule has 0 fully saturated rings. The van der Waals surface area contributed by atoms with Crippen LogP contribution in [0.2, 0.25) is 10.0 Å². The second-order valence-electron chi connectivity index (χ2n) is 6.89. The summed E-state index contributed by atoms with van der Waals surface area (Å²) in [5.41, 5.74) is 1.79. The SMILES string of the molecule is CCOc1cc(/C=C(/C#N)C(=O)Nc2cccc(Cl)c2Cl)c(Br)cc1OCc1ccc(I)cc1. The Labute approximate surface area is 229 Å². The van der Waals surface area contributed by atoms with Gasteiger partial charge in [-0.2, -0.15) is 5.26 Å². The van der Waals surface area contributed by atoms with E-state index in [2.05, 4.69) is 43.8 Å². The number of hydrogen-bond donors (Lipinski definition) is 1. The van der Waals surface area contributed by atoms with Crippen LogP contribution >= 0.6 is 61.7 Å². The summed E-state index contributed by atoms with van der Waals surface area (Å²) < 4.78 is 13.5. The number of carbonyl (C=O) groups is 1. The molecule has 3 aromatic rings. The minimum absolute atomic E-state index is 0.119. The normalized spacial score (nSPS) is 11.0. The third kappa shape index (κ3) is 6.89. The molecule has 0 heterocycles. The molecule has 0 unspecified atom stereocenters. The van der Waals surface area contributed by atoms with Crippen molar-refractivity contribution in [1.29, 1.82) is 5.26 Å². The van der Waals surface area contributed by atoms with E-state index in [0.29, 0.717) is 45.5 Å². The summed E-state index contributed by atoms with van der Waals surface area (Å²) in [6, 6.07) is 18.3. The van der Waals surface area contributed by atoms with E-state index in [4.69, 9.17) is 32.7 Å². The fourth-order valence-corrected chi connectivity index (χ4v) is 4.02. The second-order valence-corrected chi connectivity index (χ2v) is 9.78. The number of nitriles is 1. The lowest BCUT2D eigenvalue weighted by molar-refractivity contribution is -0.112. The summed E-state index contributed by atoms with van der Waals surface area (Å²) in [4.78, 5) is 12.7. The molecule has 0 aromatic heterocycles. The zero-order valence-electron chi connectivity index (χ0n) is 17.9. The Bertz CT molecular complexity index is 1270. The number of halogens is 4. The van der Waals surface area contributed by atoms with Gasteiger partial charge in [0.2, 0.25) is 0 Å². The lowest BCUT2D eigenvalue weighted by Crippen LogP contribution is -2.13. The van der Waals surface area contributed by atoms with Crippen LogP contribution in [0.1, 0.15) is 18.1 Å². The summed E-state index contributed by atoms with van der Waals surface area (Å²) in [6.07, 6.45) is 1.46. The standard InChI is InChI=1S/C25H18BrCl2IN2O3/c1-2-33-22-11-16(19(26)12-23(22)34-14-15-6-8-18(29)9-7-15)10-17(13-30)25(32)31-21-5-3-4-20(27)24(21)28/h3-12H,2,14H2,1H3,(H,31,32)/b17-10-. The highest BCUT2D eigenvalue weighted by Gasteiger charge is 2.16. The molecule has 0 aliphatic carbocycles. The third-order valence-corrected chi connectivity index (χ3v) is 6.76. The van der Waals surface area contributed by atoms with E-state index in [1.165, 1.54) is 6.08 Å². The van der Waals surface area contributed by atoms with Gasteiger partial charge in [0.25, 0.3) is 5.91 Å². The number of hydrogen-bond acceptors (Lipinski definition) is 4. The van der Waals surface area contributed by atoms with Crippen molar-refractivity contribution in [3.8, 4) is 17.6 Å². The fourth-order valence-electron chi connectivity index (χ4n) is 2.88. The zero-order valence-corrected chi connectivity index (χ0v) is 23.1. The number of nitrogens with zero attached hydrogens (tertiary/aromatic N) is 1. The van der Waals surface area contributed by atoms with Crippen molar-refractivity contribution in [3.05, 3.63) is 89.4 Å². The van der Waals surface area contributed by atoms with Gasteiger partial charge in [0.05, 0.1) is 22.3 Å². The molecule has 0 aliphatic heterocycles. The quantitative estimate of drug-likeness (QED) is 0.150. The van der Waals surface area contributed by atoms with Gasteiger partial charge < -0.3 is 14.8 Å². The zero-order chi connectivity index (χ0) is 24.7. The molecule has 174 valence electrons. The summed E-state index contributed by atoms with van der Waals surface area (Å²) in [5, 5.41) is 12.7. The number of amides is 1. The molecule has 0 atom stereocenters. The topological polar surface area (TPSA) is 71.3 Å². The van der Waals surface area contributed by atoms with Gasteiger partial charge in [0.15, 0.2) is 11.5 Å². The molecule has 0 saturated heterocycles. The van der Waals surface area contributed by atoms with E-state index >= 15 is 0 Å². The average Bonchev–Trinajstić information content (AvgIpc) is 2.82. The molecular formula is C25H18BrCl2IN2O3. The molecule has 0 radical (unpaired) electrons. The molecule has 1 N–H and O–H groups in total. The molecular weight excluding hydrogens is 654 g/mol. The van der Waals surface area contributed by atoms with Crippen molar-refractivity contribution < 1.29 is 14.3 Å². The van der Waals surface area contributed by atoms with Gasteiger partial charge in [-0.25, -0.2) is 0 Å². The highest BCUT2D eigenvalue weighted by Crippen LogP contribution is 2.36. The predicted octanol–water partition coefficient (Wildman–Crippen LogP) is 7.88. The lowest BCUT2D eigenvalue weighted by Gasteiger charge is -2.14. The van der Waals surface area contributed by atoms with E-state index in [-0.39, 0.29) is 10.6 Å². The molecule has 0 saturated carbocycles. The predicted molar refractivity (Wildman–Crippen MR) is 147 cm³/mol. The van der Waals surface area contributed by atoms with Gasteiger partial charge in [-0.3, -0.25) is 4.79 Å². The van der Waals surface area contributed by atoms with Gasteiger partial charge >= 0.3 is 0 Å². The number of benzene rings is 3. The van der Waals surface area contributed by atoms with Gasteiger partial charge in [-0.1, -0.05) is 57.3 Å². The Morgan fingerprint density at radius 1 is 1.15 bits per heavy atom. The highest BCUT2D eigenvalue weighted by molar-refractivity contribution is 14.1. The van der Waals surface area contributed by atoms with E-state index in [1.54, 1.807) is 30.3 Å². The molecule has 1 amide bonds. The Kier molecular flexibility index (Phi) is 9.65. The van der Waals surface area contributed by atoms with E-state index in [9.17, 15) is 10.1 Å². The van der Waals surface area contributed by atoms with E-state index in [0.717, 1.165) is 9.13 Å². The van der Waals surface area contributed by atoms with Gasteiger partial charge in [-0.05, 0) is 83.1 Å². The van der Waals surface area contributed by atoms with Crippen molar-refractivity contribution >= 4 is 79.4 Å². The second kappa shape index (κ2) is 12.5. The highest BCUT2D eigenvalue weighted by atomic mass is 127. The minimum Gasteiger partial charge on any atom is -0.490 e. The first kappa shape index (κ1) is 26.4. The number of rotatable bonds is 8. The fraction of sp³-hybridized carbons (Fsp3) is 0.120. The Morgan fingerprint density at radius 3 is 2.53 bits per heavy atom. The van der Waals surface area contributed by atoms with Crippen molar-refractivity contribution in [2.45, 2.75) is 13.5 Å². The van der Waals surface area contributed by atoms with Gasteiger partial charge in [0, 0.05) is 8.04 Å². The van der Waals surface area contributed by atoms with Crippen LogP contribution in [0.5, 0.6) is 11.5 Å². The molecule has 0 spiro atoms. The summed E-state index contributed by atoms with van der Waals surface area (Å²) in [7, 11) is 0. The number of carbonyl (C=O) groups excluding carboxylic acids is 1. The maximum Gasteiger partial charge on any atom is 0.266 e. The molecule has 34 heavy (non-hydrogen) atoms. The largest absolute Gasteiger partial charge is 0.490 e. The van der Waals surface area contributed by atoms with Crippen molar-refractivity contribution in [1.82, 2.24) is 0 Å².